The van der Waals surface area contributed by atoms with Crippen LogP contribution in [0.5, 0.6) is 0 Å². The van der Waals surface area contributed by atoms with Crippen LogP contribution in [0.2, 0.25) is 0 Å². The molecule has 10 aromatic carbocycles. The third-order valence-corrected chi connectivity index (χ3v) is 12.0. The summed E-state index contributed by atoms with van der Waals surface area (Å²) in [6.45, 7) is 9.03. The predicted molar refractivity (Wildman–Crippen MR) is 249 cm³/mol. The van der Waals surface area contributed by atoms with E-state index >= 15 is 0 Å². The van der Waals surface area contributed by atoms with Crippen molar-refractivity contribution in [2.75, 3.05) is 9.80 Å². The van der Waals surface area contributed by atoms with Crippen LogP contribution < -0.4 is 9.80 Å². The number of hydrogen-bond donors (Lipinski definition) is 0. The molecule has 0 heterocycles. The quantitative estimate of drug-likeness (QED) is 0.143. The van der Waals surface area contributed by atoms with E-state index in [9.17, 15) is 0 Å². The summed E-state index contributed by atoms with van der Waals surface area (Å²) < 4.78 is 0. The van der Waals surface area contributed by atoms with Gasteiger partial charge in [-0.25, -0.2) is 0 Å². The fraction of sp³-hybridized carbons (Fsp3) is 0.0714. The van der Waals surface area contributed by atoms with Crippen LogP contribution in [0.25, 0.3) is 54.6 Å². The van der Waals surface area contributed by atoms with Gasteiger partial charge in [0.2, 0.25) is 0 Å². The van der Waals surface area contributed by atoms with E-state index in [0.717, 1.165) is 22.7 Å². The highest BCUT2D eigenvalue weighted by Gasteiger charge is 2.25. The summed E-state index contributed by atoms with van der Waals surface area (Å²) >= 11 is 0. The van der Waals surface area contributed by atoms with Gasteiger partial charge in [0, 0.05) is 22.1 Å². The van der Waals surface area contributed by atoms with E-state index in [1.165, 1.54) is 88.2 Å². The van der Waals surface area contributed by atoms with Gasteiger partial charge in [-0.15, -0.1) is 0 Å². The molecule has 0 N–H and O–H groups in total. The minimum Gasteiger partial charge on any atom is -0.309 e. The molecule has 0 saturated carbocycles. The lowest BCUT2D eigenvalue weighted by atomic mass is 9.90. The Hall–Kier alpha value is -7.16. The van der Waals surface area contributed by atoms with Gasteiger partial charge in [-0.05, 0) is 130 Å². The minimum absolute atomic E-state index is 1.13. The smallest absolute Gasteiger partial charge is 0.0540 e. The average Bonchev–Trinajstić information content (AvgIpc) is 3.27. The molecule has 58 heavy (non-hydrogen) atoms. The second kappa shape index (κ2) is 14.4. The highest BCUT2D eigenvalue weighted by atomic mass is 15.2. The van der Waals surface area contributed by atoms with E-state index < -0.39 is 0 Å². The van der Waals surface area contributed by atoms with Crippen LogP contribution in [-0.4, -0.2) is 0 Å². The maximum absolute atomic E-state index is 2.49. The third kappa shape index (κ3) is 5.80. The molecule has 0 amide bonds. The van der Waals surface area contributed by atoms with Crippen molar-refractivity contribution >= 4 is 66.4 Å². The number of hydrogen-bond acceptors (Lipinski definition) is 2. The first-order chi connectivity index (χ1) is 28.5. The Labute approximate surface area is 341 Å². The van der Waals surface area contributed by atoms with Gasteiger partial charge in [-0.1, -0.05) is 158 Å². The van der Waals surface area contributed by atoms with E-state index in [1.807, 2.05) is 0 Å². The van der Waals surface area contributed by atoms with Crippen molar-refractivity contribution in [3.8, 4) is 22.3 Å². The molecule has 0 radical (unpaired) electrons. The SMILES string of the molecule is Cc1ccc(-c2ccccc2)c(C)c1N(c1ccccc1)c1ccc2ccc3c(N(c4ccccc4)c4c(C)ccc(-c5ccccc5)c4C)ccc4ccc1c2c43. The molecule has 0 fully saturated rings. The van der Waals surface area contributed by atoms with Gasteiger partial charge in [0.15, 0.2) is 0 Å². The highest BCUT2D eigenvalue weighted by molar-refractivity contribution is 6.28. The van der Waals surface area contributed by atoms with Gasteiger partial charge in [-0.2, -0.15) is 0 Å². The fourth-order valence-electron chi connectivity index (χ4n) is 9.31. The van der Waals surface area contributed by atoms with Crippen LogP contribution in [0.15, 0.2) is 194 Å². The number of benzene rings is 10. The Morgan fingerprint density at radius 1 is 0.310 bits per heavy atom. The van der Waals surface area contributed by atoms with Crippen LogP contribution in [0.3, 0.4) is 0 Å². The lowest BCUT2D eigenvalue weighted by Gasteiger charge is -2.32. The van der Waals surface area contributed by atoms with Gasteiger partial charge in [0.05, 0.1) is 22.7 Å². The Balaban J connectivity index is 1.24. The maximum Gasteiger partial charge on any atom is 0.0540 e. The molecule has 0 bridgehead atoms. The van der Waals surface area contributed by atoms with Crippen molar-refractivity contribution in [3.05, 3.63) is 216 Å². The van der Waals surface area contributed by atoms with Crippen molar-refractivity contribution in [3.63, 3.8) is 0 Å². The van der Waals surface area contributed by atoms with E-state index in [2.05, 4.69) is 232 Å². The summed E-state index contributed by atoms with van der Waals surface area (Å²) in [5.74, 6) is 0. The summed E-state index contributed by atoms with van der Waals surface area (Å²) in [6.07, 6.45) is 0. The van der Waals surface area contributed by atoms with E-state index in [1.54, 1.807) is 0 Å². The molecule has 0 unspecified atom stereocenters. The van der Waals surface area contributed by atoms with E-state index in [0.29, 0.717) is 0 Å². The molecule has 278 valence electrons. The lowest BCUT2D eigenvalue weighted by Crippen LogP contribution is -2.14. The zero-order chi connectivity index (χ0) is 39.3. The summed E-state index contributed by atoms with van der Waals surface area (Å²) in [4.78, 5) is 4.98. The second-order valence-corrected chi connectivity index (χ2v) is 15.5. The molecule has 0 aliphatic rings. The molecule has 2 heteroatoms. The summed E-state index contributed by atoms with van der Waals surface area (Å²) in [6, 6.07) is 70.9. The average molecular weight is 745 g/mol. The lowest BCUT2D eigenvalue weighted by molar-refractivity contribution is 1.23. The third-order valence-electron chi connectivity index (χ3n) is 12.0. The summed E-state index contributed by atoms with van der Waals surface area (Å²) in [5, 5.41) is 7.49. The maximum atomic E-state index is 2.49. The second-order valence-electron chi connectivity index (χ2n) is 15.5. The fourth-order valence-corrected chi connectivity index (χ4v) is 9.31. The monoisotopic (exact) mass is 744 g/mol. The Kier molecular flexibility index (Phi) is 8.76. The van der Waals surface area contributed by atoms with Crippen molar-refractivity contribution in [2.24, 2.45) is 0 Å². The number of nitrogens with zero attached hydrogens (tertiary/aromatic N) is 2. The number of aryl methyl sites for hydroxylation is 2. The summed E-state index contributed by atoms with van der Waals surface area (Å²) in [7, 11) is 0. The predicted octanol–water partition coefficient (Wildman–Crippen LogP) is 16.1. The molecular weight excluding hydrogens is 701 g/mol. The highest BCUT2D eigenvalue weighted by Crippen LogP contribution is 2.50. The minimum atomic E-state index is 1.13. The topological polar surface area (TPSA) is 6.48 Å². The zero-order valence-corrected chi connectivity index (χ0v) is 33.4. The van der Waals surface area contributed by atoms with E-state index in [-0.39, 0.29) is 0 Å². The first-order valence-corrected chi connectivity index (χ1v) is 20.2. The van der Waals surface area contributed by atoms with Gasteiger partial charge in [-0.3, -0.25) is 0 Å². The van der Waals surface area contributed by atoms with Crippen molar-refractivity contribution in [1.82, 2.24) is 0 Å². The first-order valence-electron chi connectivity index (χ1n) is 20.2. The standard InChI is InChI=1S/C56H44N2/c1-37-25-31-47(41-17-9-5-10-18-41)39(3)55(37)57(45-21-13-7-14-22-45)51-35-29-43-28-34-50-52(36-30-44-27-33-49(51)53(43)54(44)50)58(46-23-15-8-16-24-46)56-38(2)26-32-48(40(56)4)42-19-11-6-12-20-42/h5-36H,1-4H3. The zero-order valence-electron chi connectivity index (χ0n) is 33.4. The van der Waals surface area contributed by atoms with Crippen LogP contribution in [0, 0.1) is 27.7 Å². The van der Waals surface area contributed by atoms with Crippen molar-refractivity contribution < 1.29 is 0 Å². The Morgan fingerprint density at radius 3 is 1.03 bits per heavy atom. The van der Waals surface area contributed by atoms with Gasteiger partial charge < -0.3 is 9.80 Å². The van der Waals surface area contributed by atoms with Gasteiger partial charge in [0.1, 0.15) is 0 Å². The van der Waals surface area contributed by atoms with Gasteiger partial charge >= 0.3 is 0 Å². The van der Waals surface area contributed by atoms with Crippen LogP contribution in [0.1, 0.15) is 22.3 Å². The molecule has 0 aliphatic heterocycles. The largest absolute Gasteiger partial charge is 0.309 e. The molecule has 0 aliphatic carbocycles. The molecule has 0 saturated heterocycles. The van der Waals surface area contributed by atoms with Gasteiger partial charge in [0.25, 0.3) is 0 Å². The molecule has 2 nitrogen and oxygen atoms in total. The molecular formula is C56H44N2. The Bertz CT molecular complexity index is 2870. The Morgan fingerprint density at radius 2 is 0.655 bits per heavy atom. The molecule has 10 aromatic rings. The van der Waals surface area contributed by atoms with Crippen molar-refractivity contribution in [2.45, 2.75) is 27.7 Å². The number of anilines is 6. The molecule has 0 spiro atoms. The van der Waals surface area contributed by atoms with E-state index in [4.69, 9.17) is 0 Å². The molecule has 0 aromatic heterocycles. The number of para-hydroxylation sites is 2. The number of rotatable bonds is 8. The normalized spacial score (nSPS) is 11.4. The summed E-state index contributed by atoms with van der Waals surface area (Å²) in [5.41, 5.74) is 16.9. The van der Waals surface area contributed by atoms with Crippen LogP contribution in [0.4, 0.5) is 34.1 Å². The molecule has 10 rings (SSSR count). The molecule has 0 atom stereocenters. The van der Waals surface area contributed by atoms with Crippen molar-refractivity contribution in [1.29, 1.82) is 0 Å². The van der Waals surface area contributed by atoms with Crippen LogP contribution in [-0.2, 0) is 0 Å². The first kappa shape index (κ1) is 35.3. The van der Waals surface area contributed by atoms with Crippen LogP contribution >= 0.6 is 0 Å².